The first-order valence-electron chi connectivity index (χ1n) is 7.90. The second-order valence-electron chi connectivity index (χ2n) is 6.13. The molecule has 1 heterocycles. The van der Waals surface area contributed by atoms with Crippen molar-refractivity contribution in [3.05, 3.63) is 46.0 Å². The van der Waals surface area contributed by atoms with Crippen LogP contribution in [-0.2, 0) is 4.79 Å². The number of carbonyl (C=O) groups excluding carboxylic acids is 1. The third kappa shape index (κ3) is 3.04. The molecule has 0 fully saturated rings. The number of hydrogen-bond donors (Lipinski definition) is 0. The van der Waals surface area contributed by atoms with Gasteiger partial charge in [0.25, 0.3) is 0 Å². The Kier molecular flexibility index (Phi) is 5.11. The predicted octanol–water partition coefficient (Wildman–Crippen LogP) is 5.49. The van der Waals surface area contributed by atoms with E-state index in [1.165, 1.54) is 0 Å². The van der Waals surface area contributed by atoms with Crippen molar-refractivity contribution in [3.63, 3.8) is 0 Å². The number of benzene rings is 2. The second kappa shape index (κ2) is 6.96. The minimum absolute atomic E-state index is 0.156. The number of para-hydroxylation sites is 1. The smallest absolute Gasteiger partial charge is 0.238 e. The lowest BCUT2D eigenvalue weighted by atomic mass is 9.87. The fourth-order valence-corrected chi connectivity index (χ4v) is 4.70. The molecule has 0 radical (unpaired) electrons. The van der Waals surface area contributed by atoms with Crippen molar-refractivity contribution in [2.75, 3.05) is 17.8 Å². The lowest BCUT2D eigenvalue weighted by Crippen LogP contribution is -2.40. The molecular weight excluding hydrogens is 433 g/mol. The summed E-state index contributed by atoms with van der Waals surface area (Å²) in [6, 6.07) is 14.0. The minimum Gasteiger partial charge on any atom is -0.496 e. The first kappa shape index (κ1) is 17.6. The molecule has 0 aromatic heterocycles. The van der Waals surface area contributed by atoms with Gasteiger partial charge in [-0.15, -0.1) is 11.8 Å². The lowest BCUT2D eigenvalue weighted by molar-refractivity contribution is -0.125. The van der Waals surface area contributed by atoms with Gasteiger partial charge in [0.15, 0.2) is 0 Å². The van der Waals surface area contributed by atoms with Crippen molar-refractivity contribution >= 4 is 51.6 Å². The largest absolute Gasteiger partial charge is 0.496 e. The van der Waals surface area contributed by atoms with Gasteiger partial charge in [-0.05, 0) is 60.2 Å². The van der Waals surface area contributed by atoms with Crippen molar-refractivity contribution in [3.8, 4) is 5.75 Å². The summed E-state index contributed by atoms with van der Waals surface area (Å²) < 4.78 is 6.48. The molecule has 1 aliphatic rings. The molecule has 3 nitrogen and oxygen atoms in total. The molecule has 0 saturated carbocycles. The standard InChI is InChI=1S/C19H20INO2S/c1-4-19(2)12-24-17-11-16(23-3)14(20)10-15(17)21(18(19)22)13-8-6-5-7-9-13/h5-11H,4,12H2,1-3H3. The van der Waals surface area contributed by atoms with Gasteiger partial charge in [0.05, 0.1) is 21.8 Å². The molecule has 0 saturated heterocycles. The summed E-state index contributed by atoms with van der Waals surface area (Å²) in [5.41, 5.74) is 1.46. The van der Waals surface area contributed by atoms with E-state index in [9.17, 15) is 4.79 Å². The number of halogens is 1. The van der Waals surface area contributed by atoms with Gasteiger partial charge in [-0.1, -0.05) is 25.1 Å². The number of nitrogens with zero attached hydrogens (tertiary/aromatic N) is 1. The van der Waals surface area contributed by atoms with Crippen LogP contribution >= 0.6 is 34.4 Å². The highest BCUT2D eigenvalue weighted by atomic mass is 127. The Hall–Kier alpha value is -1.21. The zero-order valence-electron chi connectivity index (χ0n) is 14.0. The molecule has 1 unspecified atom stereocenters. The van der Waals surface area contributed by atoms with Crippen LogP contribution in [0.4, 0.5) is 11.4 Å². The number of methoxy groups -OCH3 is 1. The predicted molar refractivity (Wildman–Crippen MR) is 108 cm³/mol. The summed E-state index contributed by atoms with van der Waals surface area (Å²) >= 11 is 4.00. The molecule has 126 valence electrons. The summed E-state index contributed by atoms with van der Waals surface area (Å²) in [4.78, 5) is 16.4. The van der Waals surface area contributed by atoms with Crippen molar-refractivity contribution in [2.45, 2.75) is 25.2 Å². The quantitative estimate of drug-likeness (QED) is 0.576. The molecule has 0 bridgehead atoms. The van der Waals surface area contributed by atoms with E-state index in [0.29, 0.717) is 0 Å². The van der Waals surface area contributed by atoms with Gasteiger partial charge in [0.2, 0.25) is 5.91 Å². The summed E-state index contributed by atoms with van der Waals surface area (Å²) in [5, 5.41) is 0. The first-order valence-corrected chi connectivity index (χ1v) is 9.96. The Morgan fingerprint density at radius 3 is 2.62 bits per heavy atom. The Bertz CT molecular complexity index is 765. The first-order chi connectivity index (χ1) is 11.5. The third-order valence-electron chi connectivity index (χ3n) is 4.53. The van der Waals surface area contributed by atoms with E-state index in [0.717, 1.165) is 37.8 Å². The van der Waals surface area contributed by atoms with Gasteiger partial charge in [-0.3, -0.25) is 9.69 Å². The Balaban J connectivity index is 2.22. The highest BCUT2D eigenvalue weighted by Crippen LogP contribution is 2.47. The lowest BCUT2D eigenvalue weighted by Gasteiger charge is -2.31. The molecule has 0 N–H and O–H groups in total. The normalized spacial score (nSPS) is 20.5. The van der Waals surface area contributed by atoms with Crippen LogP contribution in [0.15, 0.2) is 47.4 Å². The average Bonchev–Trinajstić information content (AvgIpc) is 2.71. The second-order valence-corrected chi connectivity index (χ2v) is 8.31. The number of fused-ring (bicyclic) bond motifs is 1. The molecule has 0 aliphatic carbocycles. The molecule has 2 aromatic rings. The van der Waals surface area contributed by atoms with Crippen LogP contribution in [0.1, 0.15) is 20.3 Å². The van der Waals surface area contributed by atoms with E-state index in [1.807, 2.05) is 47.4 Å². The van der Waals surface area contributed by atoms with Crippen LogP contribution in [0.2, 0.25) is 0 Å². The topological polar surface area (TPSA) is 29.5 Å². The number of amides is 1. The van der Waals surface area contributed by atoms with Crippen molar-refractivity contribution in [1.82, 2.24) is 0 Å². The van der Waals surface area contributed by atoms with Crippen molar-refractivity contribution < 1.29 is 9.53 Å². The molecule has 24 heavy (non-hydrogen) atoms. The molecule has 5 heteroatoms. The SMILES string of the molecule is CCC1(C)CSc2cc(OC)c(I)cc2N(c2ccccc2)C1=O. The summed E-state index contributed by atoms with van der Waals surface area (Å²) in [6.45, 7) is 4.15. The van der Waals surface area contributed by atoms with Crippen molar-refractivity contribution in [1.29, 1.82) is 0 Å². The van der Waals surface area contributed by atoms with Gasteiger partial charge in [0, 0.05) is 16.3 Å². The number of anilines is 2. The van der Waals surface area contributed by atoms with Crippen LogP contribution in [0, 0.1) is 8.99 Å². The van der Waals surface area contributed by atoms with Gasteiger partial charge in [-0.25, -0.2) is 0 Å². The minimum atomic E-state index is -0.391. The van der Waals surface area contributed by atoms with E-state index in [-0.39, 0.29) is 5.91 Å². The van der Waals surface area contributed by atoms with Gasteiger partial charge < -0.3 is 4.74 Å². The zero-order chi connectivity index (χ0) is 17.3. The molecule has 1 aliphatic heterocycles. The van der Waals surface area contributed by atoms with Crippen LogP contribution in [0.25, 0.3) is 0 Å². The highest BCUT2D eigenvalue weighted by molar-refractivity contribution is 14.1. The van der Waals surface area contributed by atoms with Gasteiger partial charge >= 0.3 is 0 Å². The van der Waals surface area contributed by atoms with E-state index < -0.39 is 5.41 Å². The van der Waals surface area contributed by atoms with Crippen LogP contribution in [-0.4, -0.2) is 18.8 Å². The number of carbonyl (C=O) groups is 1. The number of rotatable bonds is 3. The van der Waals surface area contributed by atoms with Crippen LogP contribution in [0.3, 0.4) is 0 Å². The van der Waals surface area contributed by atoms with E-state index in [4.69, 9.17) is 4.74 Å². The van der Waals surface area contributed by atoms with E-state index in [2.05, 4.69) is 36.4 Å². The average molecular weight is 453 g/mol. The number of thioether (sulfide) groups is 1. The maximum atomic E-state index is 13.4. The number of ether oxygens (including phenoxy) is 1. The van der Waals surface area contributed by atoms with Crippen LogP contribution in [0.5, 0.6) is 5.75 Å². The maximum absolute atomic E-state index is 13.4. The fraction of sp³-hybridized carbons (Fsp3) is 0.316. The third-order valence-corrected chi connectivity index (χ3v) is 6.80. The van der Waals surface area contributed by atoms with Crippen LogP contribution < -0.4 is 9.64 Å². The summed E-state index contributed by atoms with van der Waals surface area (Å²) in [5.74, 6) is 1.77. The Labute approximate surface area is 160 Å². The molecule has 0 spiro atoms. The van der Waals surface area contributed by atoms with E-state index >= 15 is 0 Å². The summed E-state index contributed by atoms with van der Waals surface area (Å²) in [6.07, 6.45) is 0.810. The molecule has 2 aromatic carbocycles. The Morgan fingerprint density at radius 2 is 2.00 bits per heavy atom. The monoisotopic (exact) mass is 453 g/mol. The summed E-state index contributed by atoms with van der Waals surface area (Å²) in [7, 11) is 1.68. The zero-order valence-corrected chi connectivity index (χ0v) is 17.0. The maximum Gasteiger partial charge on any atom is 0.238 e. The highest BCUT2D eigenvalue weighted by Gasteiger charge is 2.40. The molecule has 3 rings (SSSR count). The molecular formula is C19H20INO2S. The van der Waals surface area contributed by atoms with Gasteiger partial charge in [-0.2, -0.15) is 0 Å². The molecule has 1 amide bonds. The van der Waals surface area contributed by atoms with Gasteiger partial charge in [0.1, 0.15) is 5.75 Å². The molecule has 1 atom stereocenters. The fourth-order valence-electron chi connectivity index (χ4n) is 2.74. The van der Waals surface area contributed by atoms with Crippen molar-refractivity contribution in [2.24, 2.45) is 5.41 Å². The Morgan fingerprint density at radius 1 is 1.29 bits per heavy atom. The van der Waals surface area contributed by atoms with E-state index in [1.54, 1.807) is 18.9 Å². The number of hydrogen-bond acceptors (Lipinski definition) is 3.